The Labute approximate surface area is 112 Å². The van der Waals surface area contributed by atoms with E-state index in [0.717, 1.165) is 0 Å². The van der Waals surface area contributed by atoms with Crippen molar-refractivity contribution >= 4 is 23.4 Å². The van der Waals surface area contributed by atoms with Crippen LogP contribution in [0.3, 0.4) is 0 Å². The molecule has 3 rings (SSSR count). The SMILES string of the molecule is O=C=c1ccc(=C=O)c2c1C(=O)c1ccccc1C2=O. The monoisotopic (exact) mass is 262 g/mol. The molecule has 0 aromatic heterocycles. The van der Waals surface area contributed by atoms with Gasteiger partial charge in [-0.1, -0.05) is 24.3 Å². The maximum atomic E-state index is 12.4. The van der Waals surface area contributed by atoms with E-state index in [1.165, 1.54) is 24.3 Å². The second-order valence-electron chi connectivity index (χ2n) is 4.32. The van der Waals surface area contributed by atoms with E-state index in [-0.39, 0.29) is 32.7 Å². The van der Waals surface area contributed by atoms with Crippen LogP contribution in [0.5, 0.6) is 0 Å². The van der Waals surface area contributed by atoms with Gasteiger partial charge in [-0.25, -0.2) is 9.59 Å². The van der Waals surface area contributed by atoms with Gasteiger partial charge in [0.25, 0.3) is 0 Å². The summed E-state index contributed by atoms with van der Waals surface area (Å²) in [6.45, 7) is 0. The largest absolute Gasteiger partial charge is 0.289 e. The van der Waals surface area contributed by atoms with Crippen LogP contribution in [0.2, 0.25) is 0 Å². The van der Waals surface area contributed by atoms with Gasteiger partial charge in [-0.3, -0.25) is 9.59 Å². The van der Waals surface area contributed by atoms with Gasteiger partial charge in [0.1, 0.15) is 11.9 Å². The summed E-state index contributed by atoms with van der Waals surface area (Å²) < 4.78 is 0. The molecular formula is C16H6O4. The van der Waals surface area contributed by atoms with Gasteiger partial charge < -0.3 is 0 Å². The highest BCUT2D eigenvalue weighted by Gasteiger charge is 2.31. The van der Waals surface area contributed by atoms with Crippen molar-refractivity contribution in [1.82, 2.24) is 0 Å². The lowest BCUT2D eigenvalue weighted by molar-refractivity contribution is 0.0977. The Bertz CT molecular complexity index is 865. The van der Waals surface area contributed by atoms with Crippen molar-refractivity contribution in [3.8, 4) is 0 Å². The molecule has 4 nitrogen and oxygen atoms in total. The first kappa shape index (κ1) is 12.0. The number of benzene rings is 2. The first-order valence-corrected chi connectivity index (χ1v) is 5.80. The summed E-state index contributed by atoms with van der Waals surface area (Å²) in [5.41, 5.74) is 0.322. The minimum absolute atomic E-state index is 0.0214. The number of hydrogen-bond donors (Lipinski definition) is 0. The lowest BCUT2D eigenvalue weighted by Crippen LogP contribution is -2.34. The summed E-state index contributed by atoms with van der Waals surface area (Å²) in [7, 11) is 0. The minimum Gasteiger partial charge on any atom is -0.289 e. The van der Waals surface area contributed by atoms with Crippen molar-refractivity contribution in [2.45, 2.75) is 0 Å². The highest BCUT2D eigenvalue weighted by atomic mass is 16.1. The van der Waals surface area contributed by atoms with Crippen LogP contribution < -0.4 is 10.4 Å². The van der Waals surface area contributed by atoms with Gasteiger partial charge in [-0.05, 0) is 12.1 Å². The first-order chi connectivity index (χ1) is 9.69. The van der Waals surface area contributed by atoms with Crippen LogP contribution in [0.1, 0.15) is 31.8 Å². The molecule has 0 aliphatic heterocycles. The maximum Gasteiger partial charge on any atom is 0.195 e. The quantitative estimate of drug-likeness (QED) is 0.546. The van der Waals surface area contributed by atoms with E-state index in [1.54, 1.807) is 24.0 Å². The van der Waals surface area contributed by atoms with Crippen LogP contribution in [-0.4, -0.2) is 23.4 Å². The predicted molar refractivity (Wildman–Crippen MR) is 68.6 cm³/mol. The van der Waals surface area contributed by atoms with Crippen molar-refractivity contribution in [3.05, 3.63) is 69.1 Å². The zero-order chi connectivity index (χ0) is 14.3. The summed E-state index contributed by atoms with van der Waals surface area (Å²) in [5.74, 6) is 2.36. The number of rotatable bonds is 0. The molecule has 0 atom stereocenters. The van der Waals surface area contributed by atoms with Crippen LogP contribution in [-0.2, 0) is 9.59 Å². The third-order valence-electron chi connectivity index (χ3n) is 3.30. The third kappa shape index (κ3) is 1.44. The fourth-order valence-electron chi connectivity index (χ4n) is 2.39. The molecular weight excluding hydrogens is 256 g/mol. The van der Waals surface area contributed by atoms with Crippen molar-refractivity contribution in [2.75, 3.05) is 0 Å². The molecule has 0 spiro atoms. The fraction of sp³-hybridized carbons (Fsp3) is 0. The molecule has 94 valence electrons. The van der Waals surface area contributed by atoms with Crippen LogP contribution in [0, 0.1) is 0 Å². The van der Waals surface area contributed by atoms with E-state index in [1.807, 2.05) is 0 Å². The number of ketones is 2. The number of hydrogen-bond acceptors (Lipinski definition) is 4. The second-order valence-corrected chi connectivity index (χ2v) is 4.32. The highest BCUT2D eigenvalue weighted by Crippen LogP contribution is 2.22. The Kier molecular flexibility index (Phi) is 2.55. The molecule has 0 saturated carbocycles. The molecule has 20 heavy (non-hydrogen) atoms. The van der Waals surface area contributed by atoms with E-state index in [9.17, 15) is 19.2 Å². The topological polar surface area (TPSA) is 68.3 Å². The molecule has 0 radical (unpaired) electrons. The van der Waals surface area contributed by atoms with E-state index in [2.05, 4.69) is 0 Å². The standard InChI is InChI=1S/C16H6O4/c17-7-9-5-6-10(8-18)14-13(9)15(19)11-3-1-2-4-12(11)16(14)20/h1-6H. The molecule has 0 amide bonds. The van der Waals surface area contributed by atoms with Crippen molar-refractivity contribution in [3.63, 3.8) is 0 Å². The average molecular weight is 262 g/mol. The Morgan fingerprint density at radius 3 is 1.40 bits per heavy atom. The van der Waals surface area contributed by atoms with Crippen LogP contribution in [0.25, 0.3) is 0 Å². The highest BCUT2D eigenvalue weighted by molar-refractivity contribution is 6.28. The van der Waals surface area contributed by atoms with Gasteiger partial charge in [0, 0.05) is 11.1 Å². The Hall–Kier alpha value is -3.06. The van der Waals surface area contributed by atoms with Gasteiger partial charge in [0.15, 0.2) is 11.6 Å². The zero-order valence-electron chi connectivity index (χ0n) is 10.1. The molecule has 2 aromatic rings. The van der Waals surface area contributed by atoms with Crippen LogP contribution in [0.4, 0.5) is 0 Å². The van der Waals surface area contributed by atoms with Crippen LogP contribution >= 0.6 is 0 Å². The number of carbonyl (C=O) groups excluding carboxylic acids is 4. The molecule has 1 aliphatic rings. The minimum atomic E-state index is -0.453. The average Bonchev–Trinajstić information content (AvgIpc) is 2.51. The molecule has 1 aliphatic carbocycles. The van der Waals surface area contributed by atoms with E-state index < -0.39 is 11.6 Å². The molecule has 4 heteroatoms. The van der Waals surface area contributed by atoms with Gasteiger partial charge in [0.05, 0.1) is 21.6 Å². The number of carbonyl (C=O) groups is 2. The fourth-order valence-corrected chi connectivity index (χ4v) is 2.39. The van der Waals surface area contributed by atoms with E-state index in [4.69, 9.17) is 0 Å². The first-order valence-electron chi connectivity index (χ1n) is 5.80. The Morgan fingerprint density at radius 1 is 0.650 bits per heavy atom. The Morgan fingerprint density at radius 2 is 1.05 bits per heavy atom. The maximum absolute atomic E-state index is 12.4. The third-order valence-corrected chi connectivity index (χ3v) is 3.30. The smallest absolute Gasteiger partial charge is 0.195 e. The molecule has 0 N–H and O–H groups in total. The van der Waals surface area contributed by atoms with Crippen molar-refractivity contribution in [1.29, 1.82) is 0 Å². The molecule has 0 fully saturated rings. The van der Waals surface area contributed by atoms with Crippen molar-refractivity contribution in [2.24, 2.45) is 0 Å². The summed E-state index contributed by atoms with van der Waals surface area (Å²) in [6, 6.07) is 8.90. The van der Waals surface area contributed by atoms with Gasteiger partial charge in [0.2, 0.25) is 0 Å². The zero-order valence-corrected chi connectivity index (χ0v) is 10.1. The summed E-state index contributed by atoms with van der Waals surface area (Å²) >= 11 is 0. The second kappa shape index (κ2) is 4.25. The van der Waals surface area contributed by atoms with Gasteiger partial charge in [-0.2, -0.15) is 0 Å². The van der Waals surface area contributed by atoms with Crippen LogP contribution in [0.15, 0.2) is 36.4 Å². The van der Waals surface area contributed by atoms with Crippen molar-refractivity contribution < 1.29 is 19.2 Å². The normalized spacial score (nSPS) is 12.2. The molecule has 0 bridgehead atoms. The predicted octanol–water partition coefficient (Wildman–Crippen LogP) is -0.532. The lowest BCUT2D eigenvalue weighted by Gasteiger charge is -2.16. The number of fused-ring (bicyclic) bond motifs is 2. The summed E-state index contributed by atoms with van der Waals surface area (Å²) in [5, 5.41) is -0.0429. The van der Waals surface area contributed by atoms with E-state index >= 15 is 0 Å². The summed E-state index contributed by atoms with van der Waals surface area (Å²) in [6.07, 6.45) is 0. The summed E-state index contributed by atoms with van der Waals surface area (Å²) in [4.78, 5) is 46.8. The van der Waals surface area contributed by atoms with E-state index in [0.29, 0.717) is 0 Å². The van der Waals surface area contributed by atoms with Gasteiger partial charge in [-0.15, -0.1) is 0 Å². The molecule has 2 aromatic carbocycles. The molecule has 0 heterocycles. The Balaban J connectivity index is 2.58. The van der Waals surface area contributed by atoms with Gasteiger partial charge >= 0.3 is 0 Å². The molecule has 0 saturated heterocycles. The molecule has 0 unspecified atom stereocenters. The lowest BCUT2D eigenvalue weighted by atomic mass is 9.82.